The molecule has 3 N–H and O–H groups in total. The maximum absolute atomic E-state index is 13.4. The third-order valence-electron chi connectivity index (χ3n) is 6.43. The van der Waals surface area contributed by atoms with E-state index in [1.807, 2.05) is 19.1 Å². The number of rotatable bonds is 10. The van der Waals surface area contributed by atoms with Crippen molar-refractivity contribution in [1.82, 2.24) is 5.32 Å². The Kier molecular flexibility index (Phi) is 10.4. The van der Waals surface area contributed by atoms with Crippen molar-refractivity contribution in [3.63, 3.8) is 0 Å². The Morgan fingerprint density at radius 1 is 0.657 bits per heavy atom. The molecule has 2 aromatic rings. The second-order valence-electron chi connectivity index (χ2n) is 10.7. The summed E-state index contributed by atoms with van der Waals surface area (Å²) in [5.74, 6) is 0.887. The molecule has 3 amide bonds. The quantitative estimate of drug-likeness (QED) is 0.322. The summed E-state index contributed by atoms with van der Waals surface area (Å²) in [5.41, 5.74) is 6.12. The zero-order chi connectivity index (χ0) is 26.3. The minimum Gasteiger partial charge on any atom is -0.326 e. The van der Waals surface area contributed by atoms with Crippen LogP contribution in [0.15, 0.2) is 36.4 Å². The van der Waals surface area contributed by atoms with E-state index in [0.717, 1.165) is 40.0 Å². The third kappa shape index (κ3) is 7.33. The van der Waals surface area contributed by atoms with Gasteiger partial charge in [-0.3, -0.25) is 4.79 Å². The molecule has 2 aromatic carbocycles. The lowest BCUT2D eigenvalue weighted by Gasteiger charge is -2.24. The average Bonchev–Trinajstić information content (AvgIpc) is 2.78. The highest BCUT2D eigenvalue weighted by Gasteiger charge is 2.24. The fourth-order valence-electron chi connectivity index (χ4n) is 4.47. The smallest absolute Gasteiger partial charge is 0.319 e. The molecule has 0 aliphatic rings. The Balaban J connectivity index is 2.30. The summed E-state index contributed by atoms with van der Waals surface area (Å²) in [6.45, 7) is 19.0. The van der Waals surface area contributed by atoms with E-state index < -0.39 is 6.04 Å². The van der Waals surface area contributed by atoms with Crippen LogP contribution in [0.4, 0.5) is 16.2 Å². The number of benzene rings is 2. The Morgan fingerprint density at radius 2 is 1.03 bits per heavy atom. The van der Waals surface area contributed by atoms with Crippen LogP contribution in [0, 0.1) is 0 Å². The van der Waals surface area contributed by atoms with E-state index in [1.165, 1.54) is 0 Å². The van der Waals surface area contributed by atoms with E-state index in [-0.39, 0.29) is 35.6 Å². The summed E-state index contributed by atoms with van der Waals surface area (Å²) in [5, 5.41) is 9.21. The molecule has 0 spiro atoms. The molecule has 0 saturated carbocycles. The van der Waals surface area contributed by atoms with Crippen LogP contribution in [0.25, 0.3) is 0 Å². The number of carbonyl (C=O) groups excluding carboxylic acids is 2. The summed E-state index contributed by atoms with van der Waals surface area (Å²) in [7, 11) is 0. The van der Waals surface area contributed by atoms with E-state index in [2.05, 4.69) is 95.6 Å². The second kappa shape index (κ2) is 12.8. The molecule has 5 heteroatoms. The lowest BCUT2D eigenvalue weighted by Crippen LogP contribution is -2.46. The highest BCUT2D eigenvalue weighted by atomic mass is 16.2. The number of hydrogen-bond acceptors (Lipinski definition) is 2. The van der Waals surface area contributed by atoms with Gasteiger partial charge in [-0.05, 0) is 52.3 Å². The van der Waals surface area contributed by atoms with Crippen LogP contribution < -0.4 is 16.0 Å². The predicted octanol–water partition coefficient (Wildman–Crippen LogP) is 8.11. The molecule has 1 unspecified atom stereocenters. The summed E-state index contributed by atoms with van der Waals surface area (Å²) in [6, 6.07) is 11.4. The molecule has 1 atom stereocenters. The molecule has 0 heterocycles. The monoisotopic (exact) mass is 479 g/mol. The van der Waals surface area contributed by atoms with Gasteiger partial charge in [0, 0.05) is 11.4 Å². The van der Waals surface area contributed by atoms with Crippen molar-refractivity contribution < 1.29 is 9.59 Å². The second-order valence-corrected chi connectivity index (χ2v) is 10.7. The summed E-state index contributed by atoms with van der Waals surface area (Å²) >= 11 is 0. The van der Waals surface area contributed by atoms with Gasteiger partial charge in [0.05, 0.1) is 0 Å². The van der Waals surface area contributed by atoms with Gasteiger partial charge in [-0.15, -0.1) is 0 Å². The fraction of sp³-hybridized carbons (Fsp3) is 0.533. The van der Waals surface area contributed by atoms with Gasteiger partial charge < -0.3 is 16.0 Å². The van der Waals surface area contributed by atoms with Gasteiger partial charge in [0.15, 0.2) is 0 Å². The standard InChI is InChI=1S/C30H45N3O2/c1-10-13-26(29(34)32-27-22(18(2)3)14-11-15-23(27)19(4)5)31-30(35)33-28-24(20(6)7)16-12-17-25(28)21(8)9/h11-12,14-21,26H,10,13H2,1-9H3,(H,32,34)(H2,31,33,35). The van der Waals surface area contributed by atoms with Gasteiger partial charge in [-0.2, -0.15) is 0 Å². The molecule has 0 aliphatic heterocycles. The van der Waals surface area contributed by atoms with Gasteiger partial charge >= 0.3 is 6.03 Å². The molecular weight excluding hydrogens is 434 g/mol. The number of anilines is 2. The number of amides is 3. The SMILES string of the molecule is CCCC(NC(=O)Nc1c(C(C)C)cccc1C(C)C)C(=O)Nc1c(C(C)C)cccc1C(C)C. The lowest BCUT2D eigenvalue weighted by atomic mass is 9.92. The molecule has 0 aliphatic carbocycles. The molecule has 5 nitrogen and oxygen atoms in total. The zero-order valence-electron chi connectivity index (χ0n) is 23.1. The highest BCUT2D eigenvalue weighted by molar-refractivity contribution is 6.00. The average molecular weight is 480 g/mol. The van der Waals surface area contributed by atoms with Gasteiger partial charge in [0.2, 0.25) is 5.91 Å². The maximum Gasteiger partial charge on any atom is 0.319 e. The topological polar surface area (TPSA) is 70.2 Å². The first kappa shape index (κ1) is 28.4. The third-order valence-corrected chi connectivity index (χ3v) is 6.43. The molecular formula is C30H45N3O2. The van der Waals surface area contributed by atoms with Gasteiger partial charge in [0.1, 0.15) is 6.04 Å². The first-order valence-corrected chi connectivity index (χ1v) is 13.1. The molecule has 35 heavy (non-hydrogen) atoms. The van der Waals surface area contributed by atoms with Gasteiger partial charge in [-0.1, -0.05) is 105 Å². The zero-order valence-corrected chi connectivity index (χ0v) is 23.1. The van der Waals surface area contributed by atoms with E-state index in [0.29, 0.717) is 6.42 Å². The number of urea groups is 1. The summed E-state index contributed by atoms with van der Waals surface area (Å²) in [6.07, 6.45) is 1.34. The molecule has 192 valence electrons. The predicted molar refractivity (Wildman–Crippen MR) is 149 cm³/mol. The lowest BCUT2D eigenvalue weighted by molar-refractivity contribution is -0.118. The van der Waals surface area contributed by atoms with Crippen LogP contribution in [0.5, 0.6) is 0 Å². The maximum atomic E-state index is 13.4. The van der Waals surface area contributed by atoms with E-state index in [9.17, 15) is 9.59 Å². The Morgan fingerprint density at radius 3 is 1.37 bits per heavy atom. The molecule has 0 saturated heterocycles. The highest BCUT2D eigenvalue weighted by Crippen LogP contribution is 2.33. The van der Waals surface area contributed by atoms with Crippen LogP contribution in [0.3, 0.4) is 0 Å². The first-order valence-electron chi connectivity index (χ1n) is 13.1. The number of hydrogen-bond donors (Lipinski definition) is 3. The fourth-order valence-corrected chi connectivity index (χ4v) is 4.47. The van der Waals surface area contributed by atoms with Crippen LogP contribution in [0.2, 0.25) is 0 Å². The summed E-state index contributed by atoms with van der Waals surface area (Å²) < 4.78 is 0. The number of carbonyl (C=O) groups is 2. The van der Waals surface area contributed by atoms with Gasteiger partial charge in [-0.25, -0.2) is 4.79 Å². The van der Waals surface area contributed by atoms with Gasteiger partial charge in [0.25, 0.3) is 0 Å². The van der Waals surface area contributed by atoms with E-state index in [1.54, 1.807) is 0 Å². The van der Waals surface area contributed by atoms with Crippen molar-refractivity contribution in [1.29, 1.82) is 0 Å². The van der Waals surface area contributed by atoms with Crippen LogP contribution >= 0.6 is 0 Å². The van der Waals surface area contributed by atoms with Crippen LogP contribution in [0.1, 0.15) is 121 Å². The van der Waals surface area contributed by atoms with Crippen LogP contribution in [-0.4, -0.2) is 18.0 Å². The molecule has 0 fully saturated rings. The van der Waals surface area contributed by atoms with Crippen LogP contribution in [-0.2, 0) is 4.79 Å². The Bertz CT molecular complexity index is 956. The van der Waals surface area contributed by atoms with E-state index >= 15 is 0 Å². The number of para-hydroxylation sites is 2. The summed E-state index contributed by atoms with van der Waals surface area (Å²) in [4.78, 5) is 26.6. The van der Waals surface area contributed by atoms with Crippen molar-refractivity contribution in [2.24, 2.45) is 0 Å². The normalized spacial score (nSPS) is 12.4. The first-order chi connectivity index (χ1) is 16.5. The largest absolute Gasteiger partial charge is 0.326 e. The van der Waals surface area contributed by atoms with Crippen molar-refractivity contribution in [3.8, 4) is 0 Å². The molecule has 2 rings (SSSR count). The van der Waals surface area contributed by atoms with Crippen molar-refractivity contribution in [2.45, 2.75) is 105 Å². The van der Waals surface area contributed by atoms with Crippen molar-refractivity contribution >= 4 is 23.3 Å². The van der Waals surface area contributed by atoms with Crippen molar-refractivity contribution in [3.05, 3.63) is 58.7 Å². The molecule has 0 bridgehead atoms. The van der Waals surface area contributed by atoms with Crippen molar-refractivity contribution in [2.75, 3.05) is 10.6 Å². The molecule has 0 radical (unpaired) electrons. The minimum atomic E-state index is -0.631. The molecule has 0 aromatic heterocycles. The Hall–Kier alpha value is -2.82. The number of nitrogens with one attached hydrogen (secondary N) is 3. The van der Waals surface area contributed by atoms with E-state index in [4.69, 9.17) is 0 Å². The Labute approximate surface area is 212 Å². The minimum absolute atomic E-state index is 0.182.